The zero-order valence-corrected chi connectivity index (χ0v) is 16.2. The minimum atomic E-state index is -3.72. The SMILES string of the molecule is CC(=O)c1ccc(C#N)cc1N1CCC(NS(=O)(=O)c2ccc(F)cc2)CC1. The van der Waals surface area contributed by atoms with E-state index in [1.54, 1.807) is 18.2 Å². The van der Waals surface area contributed by atoms with Crippen LogP contribution >= 0.6 is 0 Å². The van der Waals surface area contributed by atoms with Gasteiger partial charge in [0.05, 0.1) is 16.5 Å². The number of carbonyl (C=O) groups excluding carboxylic acids is 1. The Morgan fingerprint density at radius 1 is 1.18 bits per heavy atom. The first-order valence-electron chi connectivity index (χ1n) is 8.88. The van der Waals surface area contributed by atoms with Crippen molar-refractivity contribution < 1.29 is 17.6 Å². The molecular weight excluding hydrogens is 381 g/mol. The van der Waals surface area contributed by atoms with Gasteiger partial charge in [-0.15, -0.1) is 0 Å². The van der Waals surface area contributed by atoms with Gasteiger partial charge in [-0.1, -0.05) is 0 Å². The Morgan fingerprint density at radius 2 is 1.82 bits per heavy atom. The molecule has 28 heavy (non-hydrogen) atoms. The topological polar surface area (TPSA) is 90.3 Å². The molecule has 1 N–H and O–H groups in total. The summed E-state index contributed by atoms with van der Waals surface area (Å²) in [5.41, 5.74) is 1.72. The number of carbonyl (C=O) groups is 1. The van der Waals surface area contributed by atoms with E-state index >= 15 is 0 Å². The van der Waals surface area contributed by atoms with Crippen molar-refractivity contribution in [3.8, 4) is 6.07 Å². The molecule has 8 heteroatoms. The van der Waals surface area contributed by atoms with Crippen molar-refractivity contribution in [1.29, 1.82) is 5.26 Å². The number of nitriles is 1. The van der Waals surface area contributed by atoms with Crippen LogP contribution in [0.25, 0.3) is 0 Å². The van der Waals surface area contributed by atoms with Crippen molar-refractivity contribution in [2.24, 2.45) is 0 Å². The van der Waals surface area contributed by atoms with Gasteiger partial charge >= 0.3 is 0 Å². The van der Waals surface area contributed by atoms with E-state index in [4.69, 9.17) is 5.26 Å². The van der Waals surface area contributed by atoms with Gasteiger partial charge < -0.3 is 4.90 Å². The standard InChI is InChI=1S/C20H20FN3O3S/c1-14(25)19-7-2-15(13-22)12-20(19)24-10-8-17(9-11-24)23-28(26,27)18-5-3-16(21)4-6-18/h2-7,12,17,23H,8-11H2,1H3. The van der Waals surface area contributed by atoms with Crippen molar-refractivity contribution in [3.05, 3.63) is 59.4 Å². The highest BCUT2D eigenvalue weighted by atomic mass is 32.2. The quantitative estimate of drug-likeness (QED) is 0.778. The maximum atomic E-state index is 13.0. The first-order chi connectivity index (χ1) is 13.3. The van der Waals surface area contributed by atoms with Crippen molar-refractivity contribution in [1.82, 2.24) is 4.72 Å². The molecule has 1 aliphatic heterocycles. The molecule has 0 amide bonds. The Hall–Kier alpha value is -2.76. The second-order valence-electron chi connectivity index (χ2n) is 6.74. The molecule has 1 fully saturated rings. The number of nitrogens with zero attached hydrogens (tertiary/aromatic N) is 2. The Morgan fingerprint density at radius 3 is 2.39 bits per heavy atom. The van der Waals surface area contributed by atoms with Gasteiger partial charge in [0.15, 0.2) is 5.78 Å². The predicted molar refractivity (Wildman–Crippen MR) is 103 cm³/mol. The van der Waals surface area contributed by atoms with Gasteiger partial charge in [-0.25, -0.2) is 17.5 Å². The lowest BCUT2D eigenvalue weighted by Gasteiger charge is -2.34. The summed E-state index contributed by atoms with van der Waals surface area (Å²) in [4.78, 5) is 13.9. The van der Waals surface area contributed by atoms with Crippen LogP contribution in [0, 0.1) is 17.1 Å². The lowest BCUT2D eigenvalue weighted by molar-refractivity contribution is 0.101. The minimum Gasteiger partial charge on any atom is -0.371 e. The lowest BCUT2D eigenvalue weighted by Crippen LogP contribution is -2.45. The zero-order chi connectivity index (χ0) is 20.3. The number of ketones is 1. The third-order valence-electron chi connectivity index (χ3n) is 4.79. The molecule has 2 aromatic carbocycles. The number of Topliss-reactive ketones (excluding diaryl/α,β-unsaturated/α-hetero) is 1. The first-order valence-corrected chi connectivity index (χ1v) is 10.4. The Labute approximate surface area is 163 Å². The Kier molecular flexibility index (Phi) is 5.77. The number of benzene rings is 2. The van der Waals surface area contributed by atoms with Crippen LogP contribution in [-0.4, -0.2) is 33.3 Å². The van der Waals surface area contributed by atoms with E-state index in [0.717, 1.165) is 12.1 Å². The molecule has 146 valence electrons. The normalized spacial score (nSPS) is 15.2. The monoisotopic (exact) mass is 401 g/mol. The van der Waals surface area contributed by atoms with E-state index in [-0.39, 0.29) is 16.7 Å². The van der Waals surface area contributed by atoms with Gasteiger partial charge in [-0.05, 0) is 62.2 Å². The number of piperidine rings is 1. The summed E-state index contributed by atoms with van der Waals surface area (Å²) in [5.74, 6) is -0.577. The summed E-state index contributed by atoms with van der Waals surface area (Å²) in [7, 11) is -3.72. The maximum Gasteiger partial charge on any atom is 0.240 e. The third-order valence-corrected chi connectivity index (χ3v) is 6.32. The van der Waals surface area contributed by atoms with Crippen molar-refractivity contribution in [2.45, 2.75) is 30.7 Å². The van der Waals surface area contributed by atoms with Gasteiger partial charge in [-0.3, -0.25) is 4.79 Å². The van der Waals surface area contributed by atoms with Gasteiger partial charge in [0.2, 0.25) is 10.0 Å². The highest BCUT2D eigenvalue weighted by Crippen LogP contribution is 2.26. The fourth-order valence-electron chi connectivity index (χ4n) is 3.30. The Balaban J connectivity index is 1.71. The Bertz CT molecular complexity index is 1020. The summed E-state index contributed by atoms with van der Waals surface area (Å²) in [6.07, 6.45) is 1.10. The van der Waals surface area contributed by atoms with Crippen molar-refractivity contribution >= 4 is 21.5 Å². The lowest BCUT2D eigenvalue weighted by atomic mass is 10.0. The fourth-order valence-corrected chi connectivity index (χ4v) is 4.60. The van der Waals surface area contributed by atoms with Crippen LogP contribution in [0.4, 0.5) is 10.1 Å². The van der Waals surface area contributed by atoms with Crippen molar-refractivity contribution in [2.75, 3.05) is 18.0 Å². The van der Waals surface area contributed by atoms with Crippen LogP contribution in [0.15, 0.2) is 47.4 Å². The van der Waals surface area contributed by atoms with Crippen LogP contribution in [-0.2, 0) is 10.0 Å². The highest BCUT2D eigenvalue weighted by molar-refractivity contribution is 7.89. The fraction of sp³-hybridized carbons (Fsp3) is 0.300. The molecule has 1 saturated heterocycles. The van der Waals surface area contributed by atoms with E-state index in [9.17, 15) is 17.6 Å². The third kappa shape index (κ3) is 4.38. The molecule has 0 bridgehead atoms. The molecule has 6 nitrogen and oxygen atoms in total. The summed E-state index contributed by atoms with van der Waals surface area (Å²) in [6.45, 7) is 2.58. The molecular formula is C20H20FN3O3S. The molecule has 0 aromatic heterocycles. The van der Waals surface area contributed by atoms with E-state index in [1.807, 2.05) is 4.90 Å². The molecule has 0 unspecified atom stereocenters. The molecule has 0 radical (unpaired) electrons. The highest BCUT2D eigenvalue weighted by Gasteiger charge is 2.26. The molecule has 1 heterocycles. The van der Waals surface area contributed by atoms with Gasteiger partial charge in [0.1, 0.15) is 5.82 Å². The van der Waals surface area contributed by atoms with Crippen LogP contribution in [0.3, 0.4) is 0 Å². The molecule has 0 aliphatic carbocycles. The van der Waals surface area contributed by atoms with Gasteiger partial charge in [0, 0.05) is 30.4 Å². The van der Waals surface area contributed by atoms with Gasteiger partial charge in [0.25, 0.3) is 0 Å². The second-order valence-corrected chi connectivity index (χ2v) is 8.45. The number of hydrogen-bond acceptors (Lipinski definition) is 5. The number of sulfonamides is 1. The molecule has 0 atom stereocenters. The summed E-state index contributed by atoms with van der Waals surface area (Å²) >= 11 is 0. The smallest absolute Gasteiger partial charge is 0.240 e. The molecule has 0 spiro atoms. The molecule has 2 aromatic rings. The molecule has 0 saturated carbocycles. The zero-order valence-electron chi connectivity index (χ0n) is 15.4. The molecule has 1 aliphatic rings. The van der Waals surface area contributed by atoms with Crippen LogP contribution in [0.5, 0.6) is 0 Å². The average Bonchev–Trinajstić information content (AvgIpc) is 2.68. The largest absolute Gasteiger partial charge is 0.371 e. The predicted octanol–water partition coefficient (Wildman–Crippen LogP) is 2.85. The van der Waals surface area contributed by atoms with Gasteiger partial charge in [-0.2, -0.15) is 5.26 Å². The van der Waals surface area contributed by atoms with Crippen LogP contribution < -0.4 is 9.62 Å². The van der Waals surface area contributed by atoms with E-state index in [1.165, 1.54) is 19.1 Å². The van der Waals surface area contributed by atoms with Crippen molar-refractivity contribution in [3.63, 3.8) is 0 Å². The first kappa shape index (κ1) is 20.0. The number of anilines is 1. The number of rotatable bonds is 5. The number of hydrogen-bond donors (Lipinski definition) is 1. The van der Waals surface area contributed by atoms with E-state index in [2.05, 4.69) is 10.8 Å². The maximum absolute atomic E-state index is 13.0. The summed E-state index contributed by atoms with van der Waals surface area (Å²) in [6, 6.07) is 11.5. The number of nitrogens with one attached hydrogen (secondary N) is 1. The average molecular weight is 401 g/mol. The van der Waals surface area contributed by atoms with E-state index < -0.39 is 15.8 Å². The van der Waals surface area contributed by atoms with Crippen LogP contribution in [0.2, 0.25) is 0 Å². The number of halogens is 1. The molecule has 3 rings (SSSR count). The summed E-state index contributed by atoms with van der Waals surface area (Å²) in [5, 5.41) is 9.13. The van der Waals surface area contributed by atoms with E-state index in [0.29, 0.717) is 42.7 Å². The van der Waals surface area contributed by atoms with Crippen LogP contribution in [0.1, 0.15) is 35.7 Å². The minimum absolute atomic E-state index is 0.0249. The second kappa shape index (κ2) is 8.09. The summed E-state index contributed by atoms with van der Waals surface area (Å²) < 4.78 is 40.6.